The highest BCUT2D eigenvalue weighted by molar-refractivity contribution is 5.97. The molecule has 100 valence electrons. The highest BCUT2D eigenvalue weighted by atomic mass is 16.5. The topological polar surface area (TPSA) is 67.8 Å². The molecule has 0 fully saturated rings. The van der Waals surface area contributed by atoms with Crippen LogP contribution < -0.4 is 5.73 Å². The number of amidine groups is 1. The number of nitrogens with two attached hydrogens (primary N) is 1. The van der Waals surface area contributed by atoms with E-state index < -0.39 is 0 Å². The molecule has 0 unspecified atom stereocenters. The maximum atomic E-state index is 8.61. The SMILES string of the molecule is CCCCCOCc1ccc(/C(N)=N/O)cc1C. The third kappa shape index (κ3) is 4.37. The maximum Gasteiger partial charge on any atom is 0.170 e. The van der Waals surface area contributed by atoms with E-state index in [1.807, 2.05) is 25.1 Å². The standard InChI is InChI=1S/C14H22N2O2/c1-3-4-5-8-18-10-13-7-6-12(9-11(13)2)14(15)16-17/h6-7,9,17H,3-5,8,10H2,1-2H3,(H2,15,16). The Balaban J connectivity index is 2.52. The van der Waals surface area contributed by atoms with Gasteiger partial charge < -0.3 is 15.7 Å². The molecule has 0 aliphatic carbocycles. The van der Waals surface area contributed by atoms with Crippen molar-refractivity contribution in [2.45, 2.75) is 39.7 Å². The lowest BCUT2D eigenvalue weighted by Crippen LogP contribution is -2.13. The van der Waals surface area contributed by atoms with Crippen LogP contribution in [-0.4, -0.2) is 17.6 Å². The van der Waals surface area contributed by atoms with Gasteiger partial charge in [0, 0.05) is 12.2 Å². The monoisotopic (exact) mass is 250 g/mol. The number of rotatable bonds is 7. The van der Waals surface area contributed by atoms with E-state index in [0.717, 1.165) is 29.7 Å². The average molecular weight is 250 g/mol. The Hall–Kier alpha value is -1.55. The highest BCUT2D eigenvalue weighted by Gasteiger charge is 2.03. The molecule has 0 aromatic heterocycles. The Morgan fingerprint density at radius 3 is 2.78 bits per heavy atom. The van der Waals surface area contributed by atoms with Crippen LogP contribution >= 0.6 is 0 Å². The molecular weight excluding hydrogens is 228 g/mol. The Bertz CT molecular complexity index is 403. The second-order valence-electron chi connectivity index (χ2n) is 4.39. The molecule has 0 amide bonds. The van der Waals surface area contributed by atoms with E-state index in [2.05, 4.69) is 12.1 Å². The average Bonchev–Trinajstić information content (AvgIpc) is 2.39. The number of unbranched alkanes of at least 4 members (excludes halogenated alkanes) is 2. The summed E-state index contributed by atoms with van der Waals surface area (Å²) in [6.45, 7) is 5.59. The van der Waals surface area contributed by atoms with Crippen LogP contribution in [0.25, 0.3) is 0 Å². The largest absolute Gasteiger partial charge is 0.409 e. The molecule has 18 heavy (non-hydrogen) atoms. The highest BCUT2D eigenvalue weighted by Crippen LogP contribution is 2.12. The summed E-state index contributed by atoms with van der Waals surface area (Å²) >= 11 is 0. The minimum absolute atomic E-state index is 0.133. The van der Waals surface area contributed by atoms with Gasteiger partial charge >= 0.3 is 0 Å². The Morgan fingerprint density at radius 1 is 1.39 bits per heavy atom. The molecule has 0 saturated carbocycles. The zero-order chi connectivity index (χ0) is 13.4. The molecule has 0 atom stereocenters. The first-order chi connectivity index (χ1) is 8.69. The van der Waals surface area contributed by atoms with Crippen LogP contribution in [0.3, 0.4) is 0 Å². The molecule has 0 aliphatic rings. The number of oxime groups is 1. The number of ether oxygens (including phenoxy) is 1. The van der Waals surface area contributed by atoms with E-state index in [0.29, 0.717) is 6.61 Å². The second kappa shape index (κ2) is 7.71. The van der Waals surface area contributed by atoms with Crippen molar-refractivity contribution >= 4 is 5.84 Å². The summed E-state index contributed by atoms with van der Waals surface area (Å²) in [5, 5.41) is 11.6. The molecule has 3 N–H and O–H groups in total. The summed E-state index contributed by atoms with van der Waals surface area (Å²) in [5.74, 6) is 0.133. The summed E-state index contributed by atoms with van der Waals surface area (Å²) < 4.78 is 5.62. The second-order valence-corrected chi connectivity index (χ2v) is 4.39. The molecule has 1 aromatic carbocycles. The lowest BCUT2D eigenvalue weighted by atomic mass is 10.1. The Kier molecular flexibility index (Phi) is 6.22. The van der Waals surface area contributed by atoms with Gasteiger partial charge in [-0.1, -0.05) is 37.1 Å². The molecule has 0 heterocycles. The fourth-order valence-corrected chi connectivity index (χ4v) is 1.71. The fraction of sp³-hybridized carbons (Fsp3) is 0.500. The third-order valence-electron chi connectivity index (χ3n) is 2.90. The summed E-state index contributed by atoms with van der Waals surface area (Å²) in [7, 11) is 0. The molecular formula is C14H22N2O2. The lowest BCUT2D eigenvalue weighted by molar-refractivity contribution is 0.116. The van der Waals surface area contributed by atoms with E-state index in [-0.39, 0.29) is 5.84 Å². The summed E-state index contributed by atoms with van der Waals surface area (Å²) in [4.78, 5) is 0. The minimum Gasteiger partial charge on any atom is -0.409 e. The van der Waals surface area contributed by atoms with Gasteiger partial charge in [0.1, 0.15) is 0 Å². The summed E-state index contributed by atoms with van der Waals surface area (Å²) in [5.41, 5.74) is 8.50. The zero-order valence-corrected chi connectivity index (χ0v) is 11.1. The van der Waals surface area contributed by atoms with Gasteiger partial charge in [-0.3, -0.25) is 0 Å². The molecule has 0 aliphatic heterocycles. The lowest BCUT2D eigenvalue weighted by Gasteiger charge is -2.09. The first-order valence-electron chi connectivity index (χ1n) is 6.34. The van der Waals surface area contributed by atoms with Crippen LogP contribution in [-0.2, 0) is 11.3 Å². The van der Waals surface area contributed by atoms with Crippen LogP contribution in [0.2, 0.25) is 0 Å². The Labute approximate surface area is 108 Å². The van der Waals surface area contributed by atoms with E-state index >= 15 is 0 Å². The first-order valence-corrected chi connectivity index (χ1v) is 6.34. The molecule has 4 heteroatoms. The number of hydrogen-bond acceptors (Lipinski definition) is 3. The minimum atomic E-state index is 0.133. The van der Waals surface area contributed by atoms with Crippen molar-refractivity contribution in [2.75, 3.05) is 6.61 Å². The molecule has 0 radical (unpaired) electrons. The van der Waals surface area contributed by atoms with Crippen molar-refractivity contribution in [2.24, 2.45) is 10.9 Å². The van der Waals surface area contributed by atoms with Crippen molar-refractivity contribution in [3.05, 3.63) is 34.9 Å². The molecule has 0 saturated heterocycles. The van der Waals surface area contributed by atoms with E-state index in [1.54, 1.807) is 0 Å². The molecule has 4 nitrogen and oxygen atoms in total. The number of hydrogen-bond donors (Lipinski definition) is 2. The number of aryl methyl sites for hydroxylation is 1. The van der Waals surface area contributed by atoms with Gasteiger partial charge in [0.05, 0.1) is 6.61 Å². The van der Waals surface area contributed by atoms with Crippen molar-refractivity contribution in [1.29, 1.82) is 0 Å². The van der Waals surface area contributed by atoms with Gasteiger partial charge in [-0.15, -0.1) is 0 Å². The zero-order valence-electron chi connectivity index (χ0n) is 11.1. The van der Waals surface area contributed by atoms with Crippen LogP contribution in [0.1, 0.15) is 42.9 Å². The maximum absolute atomic E-state index is 8.61. The van der Waals surface area contributed by atoms with Crippen molar-refractivity contribution in [3.63, 3.8) is 0 Å². The third-order valence-corrected chi connectivity index (χ3v) is 2.90. The van der Waals surface area contributed by atoms with Gasteiger partial charge in [0.25, 0.3) is 0 Å². The normalized spacial score (nSPS) is 11.8. The fourth-order valence-electron chi connectivity index (χ4n) is 1.71. The smallest absolute Gasteiger partial charge is 0.170 e. The van der Waals surface area contributed by atoms with Crippen LogP contribution in [0.5, 0.6) is 0 Å². The summed E-state index contributed by atoms with van der Waals surface area (Å²) in [6, 6.07) is 5.70. The van der Waals surface area contributed by atoms with Gasteiger partial charge in [0.15, 0.2) is 5.84 Å². The van der Waals surface area contributed by atoms with Crippen LogP contribution in [0, 0.1) is 6.92 Å². The van der Waals surface area contributed by atoms with Gasteiger partial charge in [-0.2, -0.15) is 0 Å². The van der Waals surface area contributed by atoms with Crippen molar-refractivity contribution < 1.29 is 9.94 Å². The van der Waals surface area contributed by atoms with E-state index in [1.165, 1.54) is 12.8 Å². The molecule has 1 rings (SSSR count). The summed E-state index contributed by atoms with van der Waals surface area (Å²) in [6.07, 6.45) is 3.52. The van der Waals surface area contributed by atoms with E-state index in [9.17, 15) is 0 Å². The molecule has 0 bridgehead atoms. The first kappa shape index (κ1) is 14.5. The van der Waals surface area contributed by atoms with Crippen molar-refractivity contribution in [1.82, 2.24) is 0 Å². The quantitative estimate of drug-likeness (QED) is 0.257. The number of benzene rings is 1. The molecule has 0 spiro atoms. The van der Waals surface area contributed by atoms with Gasteiger partial charge in [-0.25, -0.2) is 0 Å². The molecule has 1 aromatic rings. The number of nitrogens with zero attached hydrogens (tertiary/aromatic N) is 1. The van der Waals surface area contributed by atoms with Crippen LogP contribution in [0.4, 0.5) is 0 Å². The van der Waals surface area contributed by atoms with E-state index in [4.69, 9.17) is 15.7 Å². The van der Waals surface area contributed by atoms with Gasteiger partial charge in [-0.05, 0) is 30.5 Å². The predicted octanol–water partition coefficient (Wildman–Crippen LogP) is 2.80. The van der Waals surface area contributed by atoms with Crippen LogP contribution in [0.15, 0.2) is 23.4 Å². The van der Waals surface area contributed by atoms with Gasteiger partial charge in [0.2, 0.25) is 0 Å². The van der Waals surface area contributed by atoms with Crippen molar-refractivity contribution in [3.8, 4) is 0 Å². The Morgan fingerprint density at radius 2 is 2.17 bits per heavy atom. The predicted molar refractivity (Wildman–Crippen MR) is 72.9 cm³/mol.